The SMILES string of the molecule is NC(=O)NC1CCN(C(=O)c2ccc(C(=O)O)cc2)CC1. The molecule has 7 nitrogen and oxygen atoms in total. The van der Waals surface area contributed by atoms with E-state index in [1.165, 1.54) is 24.3 Å². The summed E-state index contributed by atoms with van der Waals surface area (Å²) in [5.74, 6) is -1.16. The number of piperidine rings is 1. The van der Waals surface area contributed by atoms with Gasteiger partial charge in [0.2, 0.25) is 0 Å². The molecule has 2 rings (SSSR count). The summed E-state index contributed by atoms with van der Waals surface area (Å²) in [6.45, 7) is 1.06. The Morgan fingerprint density at radius 3 is 2.10 bits per heavy atom. The molecule has 0 saturated carbocycles. The van der Waals surface area contributed by atoms with Crippen molar-refractivity contribution in [2.45, 2.75) is 18.9 Å². The number of aromatic carboxylic acids is 1. The second-order valence-corrected chi connectivity index (χ2v) is 4.96. The number of hydrogen-bond acceptors (Lipinski definition) is 3. The molecule has 112 valence electrons. The Labute approximate surface area is 121 Å². The first-order valence-electron chi connectivity index (χ1n) is 6.66. The average molecular weight is 291 g/mol. The van der Waals surface area contributed by atoms with Crippen LogP contribution in [0.1, 0.15) is 33.6 Å². The first-order chi connectivity index (χ1) is 9.97. The maximum atomic E-state index is 12.3. The second-order valence-electron chi connectivity index (χ2n) is 4.96. The number of hydrogen-bond donors (Lipinski definition) is 3. The molecule has 1 aromatic carbocycles. The molecular formula is C14H17N3O4. The molecule has 1 aliphatic rings. The maximum Gasteiger partial charge on any atom is 0.335 e. The van der Waals surface area contributed by atoms with Gasteiger partial charge < -0.3 is 21.1 Å². The lowest BCUT2D eigenvalue weighted by Gasteiger charge is -2.32. The predicted octanol–water partition coefficient (Wildman–Crippen LogP) is 0.658. The number of benzene rings is 1. The first-order valence-corrected chi connectivity index (χ1v) is 6.66. The summed E-state index contributed by atoms with van der Waals surface area (Å²) in [6.07, 6.45) is 1.31. The fourth-order valence-corrected chi connectivity index (χ4v) is 2.37. The molecular weight excluding hydrogens is 274 g/mol. The minimum Gasteiger partial charge on any atom is -0.478 e. The van der Waals surface area contributed by atoms with E-state index >= 15 is 0 Å². The van der Waals surface area contributed by atoms with Crippen LogP contribution < -0.4 is 11.1 Å². The van der Waals surface area contributed by atoms with Gasteiger partial charge in [0.15, 0.2) is 0 Å². The lowest BCUT2D eigenvalue weighted by molar-refractivity contribution is 0.0687. The lowest BCUT2D eigenvalue weighted by Crippen LogP contribution is -2.47. The third-order valence-electron chi connectivity index (χ3n) is 3.51. The van der Waals surface area contributed by atoms with Gasteiger partial charge in [0, 0.05) is 24.7 Å². The molecule has 0 unspecified atom stereocenters. The molecule has 0 spiro atoms. The van der Waals surface area contributed by atoms with Crippen LogP contribution >= 0.6 is 0 Å². The number of nitrogens with zero attached hydrogens (tertiary/aromatic N) is 1. The number of primary amides is 1. The Hall–Kier alpha value is -2.57. The highest BCUT2D eigenvalue weighted by Gasteiger charge is 2.24. The zero-order chi connectivity index (χ0) is 15.4. The van der Waals surface area contributed by atoms with Gasteiger partial charge in [0.05, 0.1) is 5.56 Å². The molecule has 21 heavy (non-hydrogen) atoms. The largest absolute Gasteiger partial charge is 0.478 e. The van der Waals surface area contributed by atoms with E-state index in [2.05, 4.69) is 5.32 Å². The number of nitrogens with one attached hydrogen (secondary N) is 1. The van der Waals surface area contributed by atoms with Crippen molar-refractivity contribution in [3.05, 3.63) is 35.4 Å². The zero-order valence-electron chi connectivity index (χ0n) is 11.4. The molecule has 4 N–H and O–H groups in total. The zero-order valence-corrected chi connectivity index (χ0v) is 11.4. The number of nitrogens with two attached hydrogens (primary N) is 1. The Balaban J connectivity index is 1.95. The van der Waals surface area contributed by atoms with Crippen LogP contribution in [0, 0.1) is 0 Å². The molecule has 0 atom stereocenters. The number of rotatable bonds is 3. The number of carbonyl (C=O) groups excluding carboxylic acids is 2. The van der Waals surface area contributed by atoms with Crippen LogP contribution in [0.5, 0.6) is 0 Å². The number of carbonyl (C=O) groups is 3. The van der Waals surface area contributed by atoms with Crippen molar-refractivity contribution in [2.24, 2.45) is 5.73 Å². The van der Waals surface area contributed by atoms with Gasteiger partial charge in [-0.05, 0) is 37.1 Å². The van der Waals surface area contributed by atoms with E-state index in [0.717, 1.165) is 0 Å². The predicted molar refractivity (Wildman–Crippen MR) is 75.0 cm³/mol. The first kappa shape index (κ1) is 14.8. The summed E-state index contributed by atoms with van der Waals surface area (Å²) in [6, 6.07) is 5.30. The summed E-state index contributed by atoms with van der Waals surface area (Å²) in [4.78, 5) is 35.5. The van der Waals surface area contributed by atoms with Crippen molar-refractivity contribution >= 4 is 17.9 Å². The van der Waals surface area contributed by atoms with Crippen LogP contribution in [-0.4, -0.2) is 47.0 Å². The van der Waals surface area contributed by atoms with E-state index in [1.807, 2.05) is 0 Å². The van der Waals surface area contributed by atoms with Crippen LogP contribution in [0.25, 0.3) is 0 Å². The molecule has 3 amide bonds. The number of carboxylic acids is 1. The monoisotopic (exact) mass is 291 g/mol. The molecule has 0 radical (unpaired) electrons. The summed E-state index contributed by atoms with van der Waals surface area (Å²) < 4.78 is 0. The Morgan fingerprint density at radius 1 is 1.10 bits per heavy atom. The minimum absolute atomic E-state index is 0.000867. The van der Waals surface area contributed by atoms with Crippen molar-refractivity contribution in [2.75, 3.05) is 13.1 Å². The number of urea groups is 1. The van der Waals surface area contributed by atoms with E-state index in [1.54, 1.807) is 4.90 Å². The van der Waals surface area contributed by atoms with E-state index in [-0.39, 0.29) is 17.5 Å². The molecule has 1 aromatic rings. The standard InChI is InChI=1S/C14H17N3O4/c15-14(21)16-11-5-7-17(8-6-11)12(18)9-1-3-10(4-2-9)13(19)20/h1-4,11H,5-8H2,(H,19,20)(H3,15,16,21). The van der Waals surface area contributed by atoms with Gasteiger partial charge in [0.25, 0.3) is 5.91 Å². The molecule has 1 fully saturated rings. The third-order valence-corrected chi connectivity index (χ3v) is 3.51. The Morgan fingerprint density at radius 2 is 1.62 bits per heavy atom. The smallest absolute Gasteiger partial charge is 0.335 e. The Kier molecular flexibility index (Phi) is 4.42. The van der Waals surface area contributed by atoms with Gasteiger partial charge in [-0.3, -0.25) is 4.79 Å². The van der Waals surface area contributed by atoms with Crippen LogP contribution in [0.2, 0.25) is 0 Å². The number of carboxylic acid groups (broad SMARTS) is 1. The van der Waals surface area contributed by atoms with Gasteiger partial charge in [-0.15, -0.1) is 0 Å². The van der Waals surface area contributed by atoms with Crippen LogP contribution in [0.3, 0.4) is 0 Å². The van der Waals surface area contributed by atoms with Gasteiger partial charge in [-0.25, -0.2) is 9.59 Å². The molecule has 1 heterocycles. The van der Waals surface area contributed by atoms with Gasteiger partial charge in [-0.2, -0.15) is 0 Å². The number of likely N-dealkylation sites (tertiary alicyclic amines) is 1. The highest BCUT2D eigenvalue weighted by atomic mass is 16.4. The van der Waals surface area contributed by atoms with E-state index in [0.29, 0.717) is 31.5 Å². The summed E-state index contributed by atoms with van der Waals surface area (Å²) in [5.41, 5.74) is 5.68. The van der Waals surface area contributed by atoms with Gasteiger partial charge in [0.1, 0.15) is 0 Å². The van der Waals surface area contributed by atoms with Crippen molar-refractivity contribution in [3.8, 4) is 0 Å². The molecule has 7 heteroatoms. The number of amides is 3. The molecule has 1 saturated heterocycles. The third kappa shape index (κ3) is 3.71. The fraction of sp³-hybridized carbons (Fsp3) is 0.357. The lowest BCUT2D eigenvalue weighted by atomic mass is 10.0. The van der Waals surface area contributed by atoms with Crippen molar-refractivity contribution in [3.63, 3.8) is 0 Å². The molecule has 1 aliphatic heterocycles. The molecule has 0 aromatic heterocycles. The summed E-state index contributed by atoms with van der Waals surface area (Å²) >= 11 is 0. The van der Waals surface area contributed by atoms with Gasteiger partial charge >= 0.3 is 12.0 Å². The highest BCUT2D eigenvalue weighted by molar-refractivity contribution is 5.96. The van der Waals surface area contributed by atoms with Crippen LogP contribution in [-0.2, 0) is 0 Å². The minimum atomic E-state index is -1.02. The quantitative estimate of drug-likeness (QED) is 0.759. The Bertz CT molecular complexity index is 548. The second kappa shape index (κ2) is 6.25. The highest BCUT2D eigenvalue weighted by Crippen LogP contribution is 2.14. The van der Waals surface area contributed by atoms with Crippen LogP contribution in [0.4, 0.5) is 4.79 Å². The van der Waals surface area contributed by atoms with E-state index < -0.39 is 12.0 Å². The van der Waals surface area contributed by atoms with Crippen molar-refractivity contribution in [1.82, 2.24) is 10.2 Å². The maximum absolute atomic E-state index is 12.3. The topological polar surface area (TPSA) is 113 Å². The molecule has 0 bridgehead atoms. The normalized spacial score (nSPS) is 15.5. The summed E-state index contributed by atoms with van der Waals surface area (Å²) in [7, 11) is 0. The van der Waals surface area contributed by atoms with Crippen LogP contribution in [0.15, 0.2) is 24.3 Å². The van der Waals surface area contributed by atoms with Crippen molar-refractivity contribution in [1.29, 1.82) is 0 Å². The fourth-order valence-electron chi connectivity index (χ4n) is 2.37. The van der Waals surface area contributed by atoms with Crippen molar-refractivity contribution < 1.29 is 19.5 Å². The molecule has 0 aliphatic carbocycles. The van der Waals surface area contributed by atoms with Gasteiger partial charge in [-0.1, -0.05) is 0 Å². The van der Waals surface area contributed by atoms with E-state index in [9.17, 15) is 14.4 Å². The summed E-state index contributed by atoms with van der Waals surface area (Å²) in [5, 5.41) is 11.5. The van der Waals surface area contributed by atoms with E-state index in [4.69, 9.17) is 10.8 Å². The average Bonchev–Trinajstić information content (AvgIpc) is 2.47.